The summed E-state index contributed by atoms with van der Waals surface area (Å²) in [5, 5.41) is 9.17. The highest BCUT2D eigenvalue weighted by atomic mass is 16.6. The summed E-state index contributed by atoms with van der Waals surface area (Å²) in [6, 6.07) is 10.0. The van der Waals surface area contributed by atoms with E-state index in [9.17, 15) is 9.90 Å². The van der Waals surface area contributed by atoms with Crippen LogP contribution < -0.4 is 0 Å². The fourth-order valence-electron chi connectivity index (χ4n) is 3.20. The molecule has 0 bridgehead atoms. The molecular weight excluding hydrogens is 242 g/mol. The van der Waals surface area contributed by atoms with E-state index in [0.29, 0.717) is 24.5 Å². The van der Waals surface area contributed by atoms with Gasteiger partial charge in [-0.3, -0.25) is 0 Å². The molecule has 4 heteroatoms. The Bertz CT molecular complexity index is 448. The zero-order chi connectivity index (χ0) is 13.2. The fraction of sp³-hybridized carbons (Fsp3) is 0.533. The highest BCUT2D eigenvalue weighted by Crippen LogP contribution is 2.42. The van der Waals surface area contributed by atoms with Gasteiger partial charge in [0.05, 0.1) is 0 Å². The lowest BCUT2D eigenvalue weighted by Crippen LogP contribution is -2.56. The molecule has 19 heavy (non-hydrogen) atoms. The quantitative estimate of drug-likeness (QED) is 0.905. The molecule has 1 aromatic rings. The number of amides is 1. The molecule has 102 valence electrons. The molecule has 4 nitrogen and oxygen atoms in total. The minimum atomic E-state index is -0.219. The van der Waals surface area contributed by atoms with E-state index in [4.69, 9.17) is 4.74 Å². The van der Waals surface area contributed by atoms with Crippen molar-refractivity contribution < 1.29 is 14.6 Å². The van der Waals surface area contributed by atoms with Crippen LogP contribution in [0.5, 0.6) is 0 Å². The smallest absolute Gasteiger partial charge is 0.410 e. The molecule has 2 aliphatic rings. The minimum absolute atomic E-state index is 0.219. The van der Waals surface area contributed by atoms with Gasteiger partial charge in [0.25, 0.3) is 0 Å². The van der Waals surface area contributed by atoms with Gasteiger partial charge in [-0.25, -0.2) is 4.79 Å². The van der Waals surface area contributed by atoms with E-state index >= 15 is 0 Å². The SMILES string of the molecule is O=C(OCc1ccccc1)N1C[C@H]2C[C@H](CO)C[C@H]21. The van der Waals surface area contributed by atoms with Crippen LogP contribution in [0.2, 0.25) is 0 Å². The van der Waals surface area contributed by atoms with Crippen LogP contribution in [-0.2, 0) is 11.3 Å². The summed E-state index contributed by atoms with van der Waals surface area (Å²) in [6.45, 7) is 1.35. The van der Waals surface area contributed by atoms with Crippen molar-refractivity contribution in [3.05, 3.63) is 35.9 Å². The van der Waals surface area contributed by atoms with Gasteiger partial charge in [-0.05, 0) is 30.2 Å². The van der Waals surface area contributed by atoms with Crippen LogP contribution in [0, 0.1) is 11.8 Å². The molecule has 0 unspecified atom stereocenters. The molecule has 0 radical (unpaired) electrons. The third kappa shape index (κ3) is 2.45. The monoisotopic (exact) mass is 261 g/mol. The van der Waals surface area contributed by atoms with Crippen LogP contribution in [0.25, 0.3) is 0 Å². The maximum atomic E-state index is 12.0. The first-order valence-corrected chi connectivity index (χ1v) is 6.86. The summed E-state index contributed by atoms with van der Waals surface area (Å²) in [5.41, 5.74) is 1.01. The second-order valence-electron chi connectivity index (χ2n) is 5.54. The summed E-state index contributed by atoms with van der Waals surface area (Å²) in [5.74, 6) is 0.934. The molecule has 1 aliphatic carbocycles. The number of aliphatic hydroxyl groups is 1. The van der Waals surface area contributed by atoms with Crippen molar-refractivity contribution >= 4 is 6.09 Å². The number of hydrogen-bond donors (Lipinski definition) is 1. The van der Waals surface area contributed by atoms with Crippen molar-refractivity contribution in [3.8, 4) is 0 Å². The molecule has 3 rings (SSSR count). The number of rotatable bonds is 3. The Labute approximate surface area is 113 Å². The van der Waals surface area contributed by atoms with Gasteiger partial charge in [-0.1, -0.05) is 30.3 Å². The van der Waals surface area contributed by atoms with Gasteiger partial charge in [0, 0.05) is 19.2 Å². The Morgan fingerprint density at radius 1 is 1.32 bits per heavy atom. The number of hydrogen-bond acceptors (Lipinski definition) is 3. The van der Waals surface area contributed by atoms with Gasteiger partial charge < -0.3 is 14.7 Å². The minimum Gasteiger partial charge on any atom is -0.445 e. The summed E-state index contributed by atoms with van der Waals surface area (Å²) in [4.78, 5) is 13.8. The van der Waals surface area contributed by atoms with Crippen LogP contribution in [0.4, 0.5) is 4.79 Å². The van der Waals surface area contributed by atoms with E-state index in [1.165, 1.54) is 0 Å². The normalized spacial score (nSPS) is 28.7. The van der Waals surface area contributed by atoms with Gasteiger partial charge in [0.15, 0.2) is 0 Å². The number of carbonyl (C=O) groups excluding carboxylic acids is 1. The van der Waals surface area contributed by atoms with Crippen LogP contribution in [0.15, 0.2) is 30.3 Å². The molecule has 1 saturated carbocycles. The molecule has 1 aromatic carbocycles. The lowest BCUT2D eigenvalue weighted by Gasteiger charge is -2.43. The number of fused-ring (bicyclic) bond motifs is 1. The van der Waals surface area contributed by atoms with Crippen LogP contribution >= 0.6 is 0 Å². The number of ether oxygens (including phenoxy) is 1. The standard InChI is InChI=1S/C15H19NO3/c17-9-12-6-13-8-16(14(13)7-12)15(18)19-10-11-4-2-1-3-5-11/h1-5,12-14,17H,6-10H2/t12-,13+,14+/m0/s1. The van der Waals surface area contributed by atoms with Crippen molar-refractivity contribution in [2.24, 2.45) is 11.8 Å². The zero-order valence-electron chi connectivity index (χ0n) is 10.9. The van der Waals surface area contributed by atoms with Gasteiger partial charge >= 0.3 is 6.09 Å². The largest absolute Gasteiger partial charge is 0.445 e. The third-order valence-electron chi connectivity index (χ3n) is 4.28. The highest BCUT2D eigenvalue weighted by molar-refractivity contribution is 5.69. The summed E-state index contributed by atoms with van der Waals surface area (Å²) in [7, 11) is 0. The molecule has 3 atom stereocenters. The predicted octanol–water partition coefficient (Wildman–Crippen LogP) is 2.03. The number of aliphatic hydroxyl groups excluding tert-OH is 1. The molecule has 1 amide bonds. The van der Waals surface area contributed by atoms with Gasteiger partial charge in [0.2, 0.25) is 0 Å². The number of likely N-dealkylation sites (tertiary alicyclic amines) is 1. The predicted molar refractivity (Wildman–Crippen MR) is 70.4 cm³/mol. The van der Waals surface area contributed by atoms with E-state index in [0.717, 1.165) is 24.9 Å². The van der Waals surface area contributed by atoms with Crippen molar-refractivity contribution in [1.82, 2.24) is 4.90 Å². The lowest BCUT2D eigenvalue weighted by molar-refractivity contribution is 0.0173. The van der Waals surface area contributed by atoms with Crippen LogP contribution in [0.3, 0.4) is 0 Å². The first-order chi connectivity index (χ1) is 9.28. The highest BCUT2D eigenvalue weighted by Gasteiger charge is 2.48. The average molecular weight is 261 g/mol. The molecule has 0 spiro atoms. The van der Waals surface area contributed by atoms with E-state index < -0.39 is 0 Å². The average Bonchev–Trinajstić information content (AvgIpc) is 2.75. The first-order valence-electron chi connectivity index (χ1n) is 6.86. The van der Waals surface area contributed by atoms with Gasteiger partial charge in [-0.15, -0.1) is 0 Å². The first kappa shape index (κ1) is 12.5. The molecule has 1 saturated heterocycles. The number of benzene rings is 1. The molecule has 2 fully saturated rings. The third-order valence-corrected chi connectivity index (χ3v) is 4.28. The number of carbonyl (C=O) groups is 1. The molecular formula is C15H19NO3. The Morgan fingerprint density at radius 3 is 2.84 bits per heavy atom. The maximum absolute atomic E-state index is 12.0. The topological polar surface area (TPSA) is 49.8 Å². The second kappa shape index (κ2) is 5.21. The molecule has 1 N–H and O–H groups in total. The maximum Gasteiger partial charge on any atom is 0.410 e. The van der Waals surface area contributed by atoms with Crippen LogP contribution in [-0.4, -0.2) is 35.3 Å². The Kier molecular flexibility index (Phi) is 3.42. The zero-order valence-corrected chi connectivity index (χ0v) is 10.9. The van der Waals surface area contributed by atoms with Crippen molar-refractivity contribution in [2.75, 3.05) is 13.2 Å². The van der Waals surface area contributed by atoms with E-state index in [-0.39, 0.29) is 12.7 Å². The molecule has 1 aliphatic heterocycles. The van der Waals surface area contributed by atoms with Crippen molar-refractivity contribution in [3.63, 3.8) is 0 Å². The second-order valence-corrected chi connectivity index (χ2v) is 5.54. The van der Waals surface area contributed by atoms with Crippen molar-refractivity contribution in [1.29, 1.82) is 0 Å². The Morgan fingerprint density at radius 2 is 2.11 bits per heavy atom. The molecule has 1 heterocycles. The van der Waals surface area contributed by atoms with Gasteiger partial charge in [-0.2, -0.15) is 0 Å². The Balaban J connectivity index is 1.50. The van der Waals surface area contributed by atoms with Gasteiger partial charge in [0.1, 0.15) is 6.61 Å². The molecule has 0 aromatic heterocycles. The lowest BCUT2D eigenvalue weighted by atomic mass is 9.93. The summed E-state index contributed by atoms with van der Waals surface area (Å²) < 4.78 is 5.33. The van der Waals surface area contributed by atoms with E-state index in [2.05, 4.69) is 0 Å². The number of nitrogens with zero attached hydrogens (tertiary/aromatic N) is 1. The Hall–Kier alpha value is -1.55. The van der Waals surface area contributed by atoms with E-state index in [1.54, 1.807) is 0 Å². The van der Waals surface area contributed by atoms with Crippen LogP contribution in [0.1, 0.15) is 18.4 Å². The fourth-order valence-corrected chi connectivity index (χ4v) is 3.20. The summed E-state index contributed by atoms with van der Waals surface area (Å²) >= 11 is 0. The van der Waals surface area contributed by atoms with Crippen molar-refractivity contribution in [2.45, 2.75) is 25.5 Å². The summed E-state index contributed by atoms with van der Waals surface area (Å²) in [6.07, 6.45) is 1.74. The van der Waals surface area contributed by atoms with E-state index in [1.807, 2.05) is 35.2 Å².